The van der Waals surface area contributed by atoms with Crippen molar-refractivity contribution in [2.75, 3.05) is 18.4 Å². The molecule has 0 aliphatic carbocycles. The van der Waals surface area contributed by atoms with Gasteiger partial charge in [0.15, 0.2) is 0 Å². The number of nitrogens with one attached hydrogen (secondary N) is 2. The lowest BCUT2D eigenvalue weighted by Crippen LogP contribution is -2.23. The van der Waals surface area contributed by atoms with Crippen molar-refractivity contribution in [3.63, 3.8) is 0 Å². The van der Waals surface area contributed by atoms with Crippen LogP contribution >= 0.6 is 0 Å². The van der Waals surface area contributed by atoms with Gasteiger partial charge in [-0.05, 0) is 31.4 Å². The smallest absolute Gasteiger partial charge is 0.269 e. The third kappa shape index (κ3) is 5.59. The Kier molecular flexibility index (Phi) is 7.70. The zero-order valence-corrected chi connectivity index (χ0v) is 12.9. The van der Waals surface area contributed by atoms with Crippen molar-refractivity contribution in [1.29, 1.82) is 0 Å². The lowest BCUT2D eigenvalue weighted by molar-refractivity contribution is 0.0951. The van der Waals surface area contributed by atoms with E-state index in [0.717, 1.165) is 12.2 Å². The van der Waals surface area contributed by atoms with Gasteiger partial charge in [0, 0.05) is 25.0 Å². The van der Waals surface area contributed by atoms with Crippen LogP contribution in [-0.4, -0.2) is 24.0 Å². The summed E-state index contributed by atoms with van der Waals surface area (Å²) in [6.45, 7) is 7.93. The topological polar surface area (TPSA) is 54.0 Å². The molecule has 0 aliphatic rings. The van der Waals surface area contributed by atoms with E-state index in [1.54, 1.807) is 6.20 Å². The Morgan fingerprint density at radius 2 is 2.15 bits per heavy atom. The number of aromatic nitrogens is 1. The van der Waals surface area contributed by atoms with E-state index in [1.165, 1.54) is 25.7 Å². The van der Waals surface area contributed by atoms with E-state index in [-0.39, 0.29) is 5.91 Å². The van der Waals surface area contributed by atoms with E-state index in [9.17, 15) is 4.79 Å². The number of hydrogen-bond acceptors (Lipinski definition) is 3. The molecule has 1 atom stereocenters. The van der Waals surface area contributed by atoms with Crippen LogP contribution in [-0.2, 0) is 0 Å². The van der Waals surface area contributed by atoms with E-state index in [0.29, 0.717) is 18.2 Å². The van der Waals surface area contributed by atoms with Gasteiger partial charge in [-0.2, -0.15) is 0 Å². The number of rotatable bonds is 9. The molecular formula is C16H27N3O. The highest BCUT2D eigenvalue weighted by molar-refractivity contribution is 5.93. The molecule has 1 rings (SSSR count). The number of hydrogen-bond donors (Lipinski definition) is 2. The lowest BCUT2D eigenvalue weighted by atomic mass is 9.99. The normalized spacial score (nSPS) is 11.9. The van der Waals surface area contributed by atoms with Crippen molar-refractivity contribution in [2.24, 2.45) is 5.92 Å². The number of carbonyl (C=O) groups is 1. The van der Waals surface area contributed by atoms with Crippen molar-refractivity contribution in [3.8, 4) is 0 Å². The summed E-state index contributed by atoms with van der Waals surface area (Å²) in [5.41, 5.74) is 1.44. The average Bonchev–Trinajstić information content (AvgIpc) is 2.48. The molecule has 4 heteroatoms. The minimum Gasteiger partial charge on any atom is -0.385 e. The Hall–Kier alpha value is -1.58. The van der Waals surface area contributed by atoms with Crippen molar-refractivity contribution in [3.05, 3.63) is 24.0 Å². The van der Waals surface area contributed by atoms with E-state index < -0.39 is 0 Å². The van der Waals surface area contributed by atoms with Gasteiger partial charge in [0.05, 0.1) is 0 Å². The third-order valence-corrected chi connectivity index (χ3v) is 3.47. The fourth-order valence-corrected chi connectivity index (χ4v) is 2.12. The molecule has 2 N–H and O–H groups in total. The monoisotopic (exact) mass is 277 g/mol. The molecule has 0 aromatic carbocycles. The van der Waals surface area contributed by atoms with Gasteiger partial charge in [0.1, 0.15) is 5.69 Å². The molecule has 0 saturated carbocycles. The Balaban J connectivity index is 2.55. The van der Waals surface area contributed by atoms with Crippen LogP contribution in [0.3, 0.4) is 0 Å². The summed E-state index contributed by atoms with van der Waals surface area (Å²) in [5, 5.41) is 6.19. The second-order valence-electron chi connectivity index (χ2n) is 5.09. The van der Waals surface area contributed by atoms with E-state index in [4.69, 9.17) is 0 Å². The van der Waals surface area contributed by atoms with Gasteiger partial charge in [-0.15, -0.1) is 0 Å². The van der Waals surface area contributed by atoms with Crippen LogP contribution in [0, 0.1) is 5.92 Å². The maximum atomic E-state index is 11.7. The van der Waals surface area contributed by atoms with E-state index in [2.05, 4.69) is 29.5 Å². The minimum atomic E-state index is -0.117. The van der Waals surface area contributed by atoms with Crippen LogP contribution in [0.25, 0.3) is 0 Å². The maximum absolute atomic E-state index is 11.7. The van der Waals surface area contributed by atoms with Gasteiger partial charge in [-0.25, -0.2) is 0 Å². The highest BCUT2D eigenvalue weighted by Gasteiger charge is 2.08. The molecular weight excluding hydrogens is 250 g/mol. The number of amides is 1. The lowest BCUT2D eigenvalue weighted by Gasteiger charge is -2.16. The molecule has 112 valence electrons. The number of pyridine rings is 1. The molecule has 1 heterocycles. The van der Waals surface area contributed by atoms with Crippen molar-refractivity contribution < 1.29 is 4.79 Å². The van der Waals surface area contributed by atoms with Gasteiger partial charge in [-0.1, -0.05) is 33.1 Å². The van der Waals surface area contributed by atoms with Gasteiger partial charge in [-0.3, -0.25) is 9.78 Å². The van der Waals surface area contributed by atoms with Gasteiger partial charge < -0.3 is 10.6 Å². The predicted octanol–water partition coefficient (Wildman–Crippen LogP) is 3.46. The summed E-state index contributed by atoms with van der Waals surface area (Å²) in [6, 6.07) is 3.73. The molecule has 0 spiro atoms. The second kappa shape index (κ2) is 9.34. The molecule has 0 radical (unpaired) electrons. The molecule has 0 fully saturated rings. The number of unbranched alkanes of at least 4 members (excludes halogenated alkanes) is 1. The molecule has 1 unspecified atom stereocenters. The molecule has 20 heavy (non-hydrogen) atoms. The van der Waals surface area contributed by atoms with Crippen LogP contribution < -0.4 is 10.6 Å². The van der Waals surface area contributed by atoms with Gasteiger partial charge in [0.2, 0.25) is 0 Å². The fourth-order valence-electron chi connectivity index (χ4n) is 2.12. The van der Waals surface area contributed by atoms with Crippen LogP contribution in [0.5, 0.6) is 0 Å². The first-order chi connectivity index (χ1) is 9.71. The second-order valence-corrected chi connectivity index (χ2v) is 5.09. The Morgan fingerprint density at radius 3 is 2.80 bits per heavy atom. The highest BCUT2D eigenvalue weighted by Crippen LogP contribution is 2.15. The van der Waals surface area contributed by atoms with Crippen molar-refractivity contribution in [2.45, 2.75) is 46.5 Å². The summed E-state index contributed by atoms with van der Waals surface area (Å²) < 4.78 is 0. The Morgan fingerprint density at radius 1 is 1.35 bits per heavy atom. The molecule has 1 aromatic heterocycles. The standard InChI is InChI=1S/C16H27N3O/c1-4-7-8-13(5-2)12-19-14-9-10-18-15(11-14)16(20)17-6-3/h9-11,13H,4-8,12H2,1-3H3,(H,17,20)(H,18,19). The largest absolute Gasteiger partial charge is 0.385 e. The van der Waals surface area contributed by atoms with E-state index in [1.807, 2.05) is 19.1 Å². The first kappa shape index (κ1) is 16.5. The van der Waals surface area contributed by atoms with Crippen LogP contribution in [0.2, 0.25) is 0 Å². The molecule has 1 aromatic rings. The number of nitrogens with zero attached hydrogens (tertiary/aromatic N) is 1. The van der Waals surface area contributed by atoms with Gasteiger partial charge in [0.25, 0.3) is 5.91 Å². The van der Waals surface area contributed by atoms with Crippen molar-refractivity contribution >= 4 is 11.6 Å². The molecule has 0 bridgehead atoms. The Labute approximate surface area is 122 Å². The molecule has 1 amide bonds. The van der Waals surface area contributed by atoms with Crippen LogP contribution in [0.1, 0.15) is 56.9 Å². The molecule has 0 aliphatic heterocycles. The fraction of sp³-hybridized carbons (Fsp3) is 0.625. The number of carbonyl (C=O) groups excluding carboxylic acids is 1. The third-order valence-electron chi connectivity index (χ3n) is 3.47. The number of anilines is 1. The van der Waals surface area contributed by atoms with Crippen molar-refractivity contribution in [1.82, 2.24) is 10.3 Å². The summed E-state index contributed by atoms with van der Waals surface area (Å²) in [7, 11) is 0. The zero-order chi connectivity index (χ0) is 14.8. The highest BCUT2D eigenvalue weighted by atomic mass is 16.1. The maximum Gasteiger partial charge on any atom is 0.269 e. The summed E-state index contributed by atoms with van der Waals surface area (Å²) >= 11 is 0. The summed E-state index contributed by atoms with van der Waals surface area (Å²) in [4.78, 5) is 15.8. The SMILES string of the molecule is CCCCC(CC)CNc1ccnc(C(=O)NCC)c1. The summed E-state index contributed by atoms with van der Waals surface area (Å²) in [5.74, 6) is 0.574. The van der Waals surface area contributed by atoms with Crippen LogP contribution in [0.15, 0.2) is 18.3 Å². The quantitative estimate of drug-likeness (QED) is 0.727. The van der Waals surface area contributed by atoms with Crippen LogP contribution in [0.4, 0.5) is 5.69 Å². The summed E-state index contributed by atoms with van der Waals surface area (Å²) in [6.07, 6.45) is 6.64. The first-order valence-electron chi connectivity index (χ1n) is 7.69. The van der Waals surface area contributed by atoms with E-state index >= 15 is 0 Å². The van der Waals surface area contributed by atoms with Gasteiger partial charge >= 0.3 is 0 Å². The molecule has 4 nitrogen and oxygen atoms in total. The first-order valence-corrected chi connectivity index (χ1v) is 7.69. The Bertz CT molecular complexity index is 406. The minimum absolute atomic E-state index is 0.117. The predicted molar refractivity (Wildman–Crippen MR) is 84.0 cm³/mol. The molecule has 0 saturated heterocycles. The zero-order valence-electron chi connectivity index (χ0n) is 12.9. The average molecular weight is 277 g/mol.